The number of hydrogen-bond donors (Lipinski definition) is 1. The molecule has 6 nitrogen and oxygen atoms in total. The molecular weight excluding hydrogens is 783 g/mol. The maximum atomic E-state index is 7.30. The maximum absolute atomic E-state index is 7.30. The van der Waals surface area contributed by atoms with Crippen molar-refractivity contribution in [1.82, 2.24) is 14.5 Å². The molecule has 1 spiro atoms. The van der Waals surface area contributed by atoms with E-state index >= 15 is 0 Å². The van der Waals surface area contributed by atoms with Crippen LogP contribution in [0.2, 0.25) is 0 Å². The summed E-state index contributed by atoms with van der Waals surface area (Å²) in [6.07, 6.45) is -0.295. The van der Waals surface area contributed by atoms with Crippen molar-refractivity contribution in [3.05, 3.63) is 251 Å². The Bertz CT molecular complexity index is 3800. The van der Waals surface area contributed by atoms with E-state index in [2.05, 4.69) is 203 Å². The first-order chi connectivity index (χ1) is 31.8. The van der Waals surface area contributed by atoms with Gasteiger partial charge in [-0.3, -0.25) is 0 Å². The van der Waals surface area contributed by atoms with Gasteiger partial charge in [0, 0.05) is 44.1 Å². The van der Waals surface area contributed by atoms with Gasteiger partial charge in [-0.15, -0.1) is 0 Å². The average molecular weight is 820 g/mol. The van der Waals surface area contributed by atoms with Crippen LogP contribution in [0, 0.1) is 0 Å². The second kappa shape index (κ2) is 13.3. The van der Waals surface area contributed by atoms with Crippen LogP contribution in [0.5, 0.6) is 11.5 Å². The fraction of sp³-hybridized carbons (Fsp3) is 0.0345. The lowest BCUT2D eigenvalue weighted by Crippen LogP contribution is -2.37. The molecule has 2 aromatic heterocycles. The fourth-order valence-electron chi connectivity index (χ4n) is 11.0. The molecule has 1 N–H and O–H groups in total. The van der Waals surface area contributed by atoms with E-state index < -0.39 is 5.41 Å². The van der Waals surface area contributed by atoms with Crippen LogP contribution in [0.3, 0.4) is 0 Å². The molecule has 0 fully saturated rings. The highest BCUT2D eigenvalue weighted by Gasteiger charge is 2.51. The van der Waals surface area contributed by atoms with Crippen molar-refractivity contribution >= 4 is 55.3 Å². The van der Waals surface area contributed by atoms with Crippen molar-refractivity contribution in [3.8, 4) is 22.9 Å². The Morgan fingerprint density at radius 3 is 2.00 bits per heavy atom. The summed E-state index contributed by atoms with van der Waals surface area (Å²) < 4.78 is 12.2. The molecule has 2 atom stereocenters. The molecule has 0 aliphatic carbocycles. The molecule has 0 bridgehead atoms. The first-order valence-corrected chi connectivity index (χ1v) is 21.9. The molecule has 3 aliphatic heterocycles. The van der Waals surface area contributed by atoms with E-state index in [1.807, 2.05) is 24.3 Å². The first-order valence-electron chi connectivity index (χ1n) is 21.9. The van der Waals surface area contributed by atoms with E-state index in [9.17, 15) is 0 Å². The summed E-state index contributed by atoms with van der Waals surface area (Å²) in [4.78, 5) is 10.4. The lowest BCUT2D eigenvalue weighted by molar-refractivity contribution is 0.439. The summed E-state index contributed by atoms with van der Waals surface area (Å²) in [5.74, 6) is 3.21. The Morgan fingerprint density at radius 2 is 1.14 bits per heavy atom. The second-order valence-electron chi connectivity index (χ2n) is 16.9. The number of ether oxygens (including phenoxy) is 1. The van der Waals surface area contributed by atoms with Crippen LogP contribution in [0.1, 0.15) is 45.1 Å². The SMILES string of the molecule is c1ccc(C2=NC(c3cccc(-n4c5ccccc5c5c6c(ccc54)C4(c5ccccc5O6)c5ccccc5-n5c6ccccc6c6cccc4c65)c3)=NC(c3ccccc3)N2)cc1. The van der Waals surface area contributed by atoms with Gasteiger partial charge in [-0.1, -0.05) is 170 Å². The zero-order valence-electron chi connectivity index (χ0n) is 34.5. The average Bonchev–Trinajstić information content (AvgIpc) is 3.90. The van der Waals surface area contributed by atoms with Gasteiger partial charge in [0.2, 0.25) is 0 Å². The highest BCUT2D eigenvalue weighted by Crippen LogP contribution is 2.62. The van der Waals surface area contributed by atoms with Crippen LogP contribution in [-0.4, -0.2) is 20.8 Å². The summed E-state index contributed by atoms with van der Waals surface area (Å²) in [5.41, 5.74) is 13.9. The number of nitrogens with one attached hydrogen (secondary N) is 1. The molecule has 14 rings (SSSR count). The van der Waals surface area contributed by atoms with E-state index in [1.165, 1.54) is 38.6 Å². The number of para-hydroxylation sites is 5. The van der Waals surface area contributed by atoms with Gasteiger partial charge in [-0.25, -0.2) is 9.98 Å². The van der Waals surface area contributed by atoms with Gasteiger partial charge in [-0.05, 0) is 59.2 Å². The van der Waals surface area contributed by atoms with Crippen LogP contribution < -0.4 is 10.1 Å². The Kier molecular flexibility index (Phi) is 7.28. The molecular formula is C58H37N5O. The predicted molar refractivity (Wildman–Crippen MR) is 259 cm³/mol. The number of benzene rings is 9. The number of amidine groups is 2. The fourth-order valence-corrected chi connectivity index (χ4v) is 11.0. The Balaban J connectivity index is 1.02. The monoisotopic (exact) mass is 819 g/mol. The largest absolute Gasteiger partial charge is 0.456 e. The van der Waals surface area contributed by atoms with E-state index in [4.69, 9.17) is 14.7 Å². The van der Waals surface area contributed by atoms with E-state index in [0.717, 1.165) is 72.6 Å². The van der Waals surface area contributed by atoms with Crippen LogP contribution in [0.25, 0.3) is 55.0 Å². The number of fused-ring (bicyclic) bond motifs is 15. The highest BCUT2D eigenvalue weighted by molar-refractivity contribution is 6.16. The highest BCUT2D eigenvalue weighted by atomic mass is 16.5. The molecule has 64 heavy (non-hydrogen) atoms. The second-order valence-corrected chi connectivity index (χ2v) is 16.9. The van der Waals surface area contributed by atoms with Crippen LogP contribution in [0.4, 0.5) is 0 Å². The Labute approximate surface area is 368 Å². The normalized spacial score (nSPS) is 17.1. The predicted octanol–water partition coefficient (Wildman–Crippen LogP) is 13.2. The Hall–Kier alpha value is -8.48. The standard InChI is InChI=1S/C58H37N5O/c1-3-17-36(18-4-1)55-59-56(37-19-5-2-6-20-37)61-57(60-55)38-21-15-22-39(35-38)62-48-30-12-8-24-42(48)52-50(62)34-33-46-54(52)64-51-32-14-10-27-44(51)58(46)43-26-9-13-31-49(43)63-47-29-11-7-23-40(47)41-25-16-28-45(58)53(41)63/h1-35,55H,(H,59,60,61). The minimum absolute atomic E-state index is 0.295. The summed E-state index contributed by atoms with van der Waals surface area (Å²) in [7, 11) is 0. The molecule has 0 amide bonds. The van der Waals surface area contributed by atoms with E-state index in [-0.39, 0.29) is 6.17 Å². The number of aromatic nitrogens is 2. The van der Waals surface area contributed by atoms with Gasteiger partial charge < -0.3 is 19.2 Å². The van der Waals surface area contributed by atoms with Crippen molar-refractivity contribution in [2.24, 2.45) is 9.98 Å². The minimum atomic E-state index is -0.668. The van der Waals surface area contributed by atoms with Crippen molar-refractivity contribution < 1.29 is 4.74 Å². The minimum Gasteiger partial charge on any atom is -0.456 e. The van der Waals surface area contributed by atoms with Gasteiger partial charge in [0.15, 0.2) is 5.84 Å². The van der Waals surface area contributed by atoms with Gasteiger partial charge in [-0.2, -0.15) is 0 Å². The number of rotatable bonds is 4. The molecule has 0 radical (unpaired) electrons. The molecule has 2 unspecified atom stereocenters. The third kappa shape index (κ3) is 4.74. The van der Waals surface area contributed by atoms with Crippen LogP contribution in [-0.2, 0) is 5.41 Å². The lowest BCUT2D eigenvalue weighted by atomic mass is 9.61. The molecule has 0 saturated heterocycles. The van der Waals surface area contributed by atoms with E-state index in [0.29, 0.717) is 5.84 Å². The summed E-state index contributed by atoms with van der Waals surface area (Å²) in [6, 6.07) is 75.9. The third-order valence-electron chi connectivity index (χ3n) is 13.6. The van der Waals surface area contributed by atoms with Crippen molar-refractivity contribution in [2.75, 3.05) is 0 Å². The third-order valence-corrected chi connectivity index (χ3v) is 13.6. The topological polar surface area (TPSA) is 55.8 Å². The quantitative estimate of drug-likeness (QED) is 0.192. The van der Waals surface area contributed by atoms with Crippen molar-refractivity contribution in [1.29, 1.82) is 0 Å². The van der Waals surface area contributed by atoms with Gasteiger partial charge in [0.1, 0.15) is 23.5 Å². The summed E-state index contributed by atoms with van der Waals surface area (Å²) in [6.45, 7) is 0. The summed E-state index contributed by atoms with van der Waals surface area (Å²) in [5, 5.41) is 8.31. The van der Waals surface area contributed by atoms with Crippen LogP contribution in [0.15, 0.2) is 222 Å². The van der Waals surface area contributed by atoms with Gasteiger partial charge in [0.25, 0.3) is 0 Å². The van der Waals surface area contributed by atoms with Crippen LogP contribution >= 0.6 is 0 Å². The molecule has 5 heterocycles. The Morgan fingerprint density at radius 1 is 0.484 bits per heavy atom. The molecule has 6 heteroatoms. The zero-order valence-corrected chi connectivity index (χ0v) is 34.5. The maximum Gasteiger partial charge on any atom is 0.159 e. The summed E-state index contributed by atoms with van der Waals surface area (Å²) >= 11 is 0. The van der Waals surface area contributed by atoms with E-state index in [1.54, 1.807) is 0 Å². The molecule has 0 saturated carbocycles. The molecule has 9 aromatic carbocycles. The zero-order chi connectivity index (χ0) is 41.9. The van der Waals surface area contributed by atoms with Crippen molar-refractivity contribution in [2.45, 2.75) is 11.6 Å². The number of hydrogen-bond acceptors (Lipinski definition) is 4. The van der Waals surface area contributed by atoms with Gasteiger partial charge in [0.05, 0.1) is 38.6 Å². The number of nitrogens with zero attached hydrogens (tertiary/aromatic N) is 4. The molecule has 11 aromatic rings. The smallest absolute Gasteiger partial charge is 0.159 e. The first kappa shape index (κ1) is 35.2. The number of aliphatic imine (C=N–C) groups is 2. The molecule has 3 aliphatic rings. The van der Waals surface area contributed by atoms with Gasteiger partial charge >= 0.3 is 0 Å². The lowest BCUT2D eigenvalue weighted by Gasteiger charge is -2.45. The van der Waals surface area contributed by atoms with Crippen molar-refractivity contribution in [3.63, 3.8) is 0 Å². The molecule has 300 valence electrons.